The summed E-state index contributed by atoms with van der Waals surface area (Å²) < 4.78 is 6.19. The molecule has 0 amide bonds. The van der Waals surface area contributed by atoms with Crippen molar-refractivity contribution in [1.29, 1.82) is 0 Å². The lowest BCUT2D eigenvalue weighted by Gasteiger charge is -2.35. The summed E-state index contributed by atoms with van der Waals surface area (Å²) in [5, 5.41) is 0. The zero-order chi connectivity index (χ0) is 11.6. The highest BCUT2D eigenvalue weighted by molar-refractivity contribution is 8.00. The first-order valence-corrected chi connectivity index (χ1v) is 7.72. The SMILES string of the molecule is c1ccc(C2CCCCCC23OCCS3)cc1. The fraction of sp³-hybridized carbons (Fsp3) is 0.600. The van der Waals surface area contributed by atoms with E-state index < -0.39 is 0 Å². The molecule has 0 aromatic heterocycles. The molecule has 17 heavy (non-hydrogen) atoms. The van der Waals surface area contributed by atoms with Crippen LogP contribution >= 0.6 is 11.8 Å². The van der Waals surface area contributed by atoms with E-state index in [1.165, 1.54) is 43.4 Å². The van der Waals surface area contributed by atoms with Crippen molar-refractivity contribution in [2.24, 2.45) is 0 Å². The highest BCUT2D eigenvalue weighted by Gasteiger charge is 2.44. The molecule has 1 aromatic carbocycles. The molecular weight excluding hydrogens is 228 g/mol. The van der Waals surface area contributed by atoms with Gasteiger partial charge in [-0.15, -0.1) is 11.8 Å². The molecular formula is C15H20OS. The van der Waals surface area contributed by atoms with Crippen molar-refractivity contribution in [1.82, 2.24) is 0 Å². The molecule has 2 aliphatic rings. The topological polar surface area (TPSA) is 9.23 Å². The largest absolute Gasteiger partial charge is 0.363 e. The summed E-state index contributed by atoms with van der Waals surface area (Å²) in [4.78, 5) is 0.0951. The van der Waals surface area contributed by atoms with E-state index in [-0.39, 0.29) is 4.93 Å². The van der Waals surface area contributed by atoms with Crippen LogP contribution in [0, 0.1) is 0 Å². The van der Waals surface area contributed by atoms with E-state index in [2.05, 4.69) is 42.1 Å². The van der Waals surface area contributed by atoms with Crippen LogP contribution in [0.2, 0.25) is 0 Å². The lowest BCUT2D eigenvalue weighted by molar-refractivity contribution is 0.0250. The van der Waals surface area contributed by atoms with E-state index in [4.69, 9.17) is 4.74 Å². The van der Waals surface area contributed by atoms with E-state index in [0.29, 0.717) is 5.92 Å². The zero-order valence-electron chi connectivity index (χ0n) is 10.2. The summed E-state index contributed by atoms with van der Waals surface area (Å²) in [5.41, 5.74) is 1.48. The molecule has 0 N–H and O–H groups in total. The first-order chi connectivity index (χ1) is 8.41. The molecule has 1 saturated carbocycles. The molecule has 2 heteroatoms. The fourth-order valence-corrected chi connectivity index (χ4v) is 4.64. The van der Waals surface area contributed by atoms with Crippen LogP contribution in [0.15, 0.2) is 30.3 Å². The van der Waals surface area contributed by atoms with Gasteiger partial charge in [0.1, 0.15) is 4.93 Å². The molecule has 1 aliphatic carbocycles. The average Bonchev–Trinajstić information content (AvgIpc) is 2.73. The monoisotopic (exact) mass is 248 g/mol. The minimum atomic E-state index is 0.0951. The molecule has 0 radical (unpaired) electrons. The standard InChI is InChI=1S/C15H20OS/c1-3-7-13(8-4-1)14-9-5-2-6-10-15(14)16-11-12-17-15/h1,3-4,7-8,14H,2,5-6,9-12H2. The summed E-state index contributed by atoms with van der Waals surface area (Å²) in [7, 11) is 0. The Kier molecular flexibility index (Phi) is 3.44. The van der Waals surface area contributed by atoms with Crippen molar-refractivity contribution in [2.75, 3.05) is 12.4 Å². The van der Waals surface area contributed by atoms with Gasteiger partial charge in [0.15, 0.2) is 0 Å². The van der Waals surface area contributed by atoms with Crippen LogP contribution in [0.5, 0.6) is 0 Å². The highest BCUT2D eigenvalue weighted by atomic mass is 32.2. The van der Waals surface area contributed by atoms with Gasteiger partial charge in [-0.2, -0.15) is 0 Å². The molecule has 3 rings (SSSR count). The Hall–Kier alpha value is -0.470. The number of hydrogen-bond acceptors (Lipinski definition) is 2. The number of ether oxygens (including phenoxy) is 1. The summed E-state index contributed by atoms with van der Waals surface area (Å²) >= 11 is 2.06. The van der Waals surface area contributed by atoms with Crippen LogP contribution in [0.4, 0.5) is 0 Å². The number of benzene rings is 1. The molecule has 1 aromatic rings. The minimum absolute atomic E-state index is 0.0951. The van der Waals surface area contributed by atoms with Gasteiger partial charge in [-0.1, -0.05) is 43.2 Å². The Morgan fingerprint density at radius 3 is 2.76 bits per heavy atom. The Morgan fingerprint density at radius 2 is 2.00 bits per heavy atom. The second kappa shape index (κ2) is 5.03. The summed E-state index contributed by atoms with van der Waals surface area (Å²) in [6.07, 6.45) is 6.57. The first kappa shape index (κ1) is 11.6. The van der Waals surface area contributed by atoms with E-state index in [0.717, 1.165) is 6.61 Å². The van der Waals surface area contributed by atoms with Gasteiger partial charge in [0.2, 0.25) is 0 Å². The zero-order valence-corrected chi connectivity index (χ0v) is 11.0. The van der Waals surface area contributed by atoms with E-state index >= 15 is 0 Å². The normalized spacial score (nSPS) is 33.8. The second-order valence-electron chi connectivity index (χ2n) is 5.07. The molecule has 2 unspecified atom stereocenters. The van der Waals surface area contributed by atoms with Crippen LogP contribution in [-0.2, 0) is 4.74 Å². The first-order valence-electron chi connectivity index (χ1n) is 6.74. The number of rotatable bonds is 1. The van der Waals surface area contributed by atoms with E-state index in [1.54, 1.807) is 0 Å². The average molecular weight is 248 g/mol. The third-order valence-electron chi connectivity index (χ3n) is 4.03. The maximum atomic E-state index is 6.19. The molecule has 1 aliphatic heterocycles. The predicted molar refractivity (Wildman–Crippen MR) is 73.4 cm³/mol. The van der Waals surface area contributed by atoms with E-state index in [9.17, 15) is 0 Å². The molecule has 2 fully saturated rings. The summed E-state index contributed by atoms with van der Waals surface area (Å²) in [6, 6.07) is 11.0. The molecule has 1 saturated heterocycles. The van der Waals surface area contributed by atoms with Crippen molar-refractivity contribution in [3.8, 4) is 0 Å². The predicted octanol–water partition coefficient (Wildman–Crippen LogP) is 4.19. The van der Waals surface area contributed by atoms with Gasteiger partial charge < -0.3 is 4.74 Å². The van der Waals surface area contributed by atoms with Crippen LogP contribution in [0.1, 0.15) is 43.6 Å². The Labute approximate surface area is 108 Å². The maximum absolute atomic E-state index is 6.19. The van der Waals surface area contributed by atoms with Crippen LogP contribution < -0.4 is 0 Å². The Bertz CT molecular complexity index is 356. The maximum Gasteiger partial charge on any atom is 0.120 e. The van der Waals surface area contributed by atoms with Crippen molar-refractivity contribution < 1.29 is 4.74 Å². The van der Waals surface area contributed by atoms with Gasteiger partial charge in [0.05, 0.1) is 6.61 Å². The Morgan fingerprint density at radius 1 is 1.12 bits per heavy atom. The quantitative estimate of drug-likeness (QED) is 0.737. The van der Waals surface area contributed by atoms with Gasteiger partial charge in [0.25, 0.3) is 0 Å². The van der Waals surface area contributed by atoms with Crippen molar-refractivity contribution in [3.63, 3.8) is 0 Å². The molecule has 92 valence electrons. The minimum Gasteiger partial charge on any atom is -0.363 e. The highest BCUT2D eigenvalue weighted by Crippen LogP contribution is 2.51. The van der Waals surface area contributed by atoms with Crippen LogP contribution in [-0.4, -0.2) is 17.3 Å². The van der Waals surface area contributed by atoms with Gasteiger partial charge in [0, 0.05) is 11.7 Å². The smallest absolute Gasteiger partial charge is 0.120 e. The van der Waals surface area contributed by atoms with Crippen LogP contribution in [0.25, 0.3) is 0 Å². The fourth-order valence-electron chi connectivity index (χ4n) is 3.21. The molecule has 0 bridgehead atoms. The van der Waals surface area contributed by atoms with Gasteiger partial charge in [-0.25, -0.2) is 0 Å². The molecule has 1 spiro atoms. The van der Waals surface area contributed by atoms with Crippen molar-refractivity contribution >= 4 is 11.8 Å². The lowest BCUT2D eigenvalue weighted by Crippen LogP contribution is -2.31. The number of thioether (sulfide) groups is 1. The second-order valence-corrected chi connectivity index (χ2v) is 6.46. The molecule has 1 heterocycles. The van der Waals surface area contributed by atoms with Gasteiger partial charge >= 0.3 is 0 Å². The van der Waals surface area contributed by atoms with Crippen molar-refractivity contribution in [3.05, 3.63) is 35.9 Å². The third-order valence-corrected chi connectivity index (χ3v) is 5.49. The van der Waals surface area contributed by atoms with Crippen molar-refractivity contribution in [2.45, 2.75) is 43.0 Å². The Balaban J connectivity index is 1.93. The third kappa shape index (κ3) is 2.25. The van der Waals surface area contributed by atoms with Gasteiger partial charge in [-0.3, -0.25) is 0 Å². The lowest BCUT2D eigenvalue weighted by atomic mass is 9.89. The number of hydrogen-bond donors (Lipinski definition) is 0. The van der Waals surface area contributed by atoms with Gasteiger partial charge in [-0.05, 0) is 24.8 Å². The summed E-state index contributed by atoms with van der Waals surface area (Å²) in [5.74, 6) is 1.77. The summed E-state index contributed by atoms with van der Waals surface area (Å²) in [6.45, 7) is 0.938. The van der Waals surface area contributed by atoms with E-state index in [1.807, 2.05) is 0 Å². The van der Waals surface area contributed by atoms with Crippen LogP contribution in [0.3, 0.4) is 0 Å². The molecule has 2 atom stereocenters. The molecule has 1 nitrogen and oxygen atoms in total.